The number of sulfonamides is 1. The number of hydrogen-bond donors (Lipinski definition) is 1. The number of nitrogens with zero attached hydrogens (tertiary/aromatic N) is 4. The van der Waals surface area contributed by atoms with Crippen LogP contribution in [0.4, 0.5) is 0 Å². The Labute approximate surface area is 177 Å². The minimum atomic E-state index is -3.54. The van der Waals surface area contributed by atoms with Crippen LogP contribution in [-0.4, -0.2) is 48.5 Å². The zero-order chi connectivity index (χ0) is 21.1. The van der Waals surface area contributed by atoms with E-state index in [2.05, 4.69) is 20.0 Å². The highest BCUT2D eigenvalue weighted by Gasteiger charge is 2.15. The Morgan fingerprint density at radius 2 is 1.87 bits per heavy atom. The summed E-state index contributed by atoms with van der Waals surface area (Å²) < 4.78 is 39.7. The van der Waals surface area contributed by atoms with Crippen molar-refractivity contribution in [3.05, 3.63) is 53.4 Å². The van der Waals surface area contributed by atoms with Crippen LogP contribution < -0.4 is 14.2 Å². The van der Waals surface area contributed by atoms with Crippen molar-refractivity contribution in [3.63, 3.8) is 0 Å². The van der Waals surface area contributed by atoms with Crippen molar-refractivity contribution < 1.29 is 17.9 Å². The van der Waals surface area contributed by atoms with E-state index in [9.17, 15) is 8.42 Å². The van der Waals surface area contributed by atoms with Gasteiger partial charge in [-0.15, -0.1) is 26.6 Å². The fourth-order valence-corrected chi connectivity index (χ4v) is 5.07. The van der Waals surface area contributed by atoms with Gasteiger partial charge in [-0.3, -0.25) is 0 Å². The van der Waals surface area contributed by atoms with Crippen LogP contribution >= 0.6 is 11.3 Å². The van der Waals surface area contributed by atoms with Crippen LogP contribution in [0.2, 0.25) is 0 Å². The molecule has 9 nitrogen and oxygen atoms in total. The molecular formula is C19H19N5O4S2. The average Bonchev–Trinajstić information content (AvgIpc) is 3.38. The summed E-state index contributed by atoms with van der Waals surface area (Å²) in [5.41, 5.74) is 1.40. The largest absolute Gasteiger partial charge is 0.497 e. The zero-order valence-electron chi connectivity index (χ0n) is 16.3. The Bertz CT molecular complexity index is 1270. The molecule has 0 bridgehead atoms. The normalized spacial score (nSPS) is 11.7. The maximum Gasteiger partial charge on any atom is 0.250 e. The number of nitrogens with one attached hydrogen (secondary N) is 1. The molecule has 156 valence electrons. The highest BCUT2D eigenvalue weighted by Crippen LogP contribution is 2.22. The summed E-state index contributed by atoms with van der Waals surface area (Å²) in [7, 11) is -1.93. The van der Waals surface area contributed by atoms with E-state index in [1.165, 1.54) is 11.3 Å². The summed E-state index contributed by atoms with van der Waals surface area (Å²) in [6.45, 7) is 2.11. The molecule has 1 N–H and O–H groups in total. The lowest BCUT2D eigenvalue weighted by atomic mass is 10.2. The molecule has 0 saturated carbocycles. The van der Waals surface area contributed by atoms with Crippen molar-refractivity contribution >= 4 is 27.0 Å². The minimum absolute atomic E-state index is 0.118. The fourth-order valence-electron chi connectivity index (χ4n) is 2.73. The fraction of sp³-hybridized carbons (Fsp3) is 0.211. The first-order valence-electron chi connectivity index (χ1n) is 9.02. The third-order valence-electron chi connectivity index (χ3n) is 4.21. The van der Waals surface area contributed by atoms with E-state index < -0.39 is 10.0 Å². The summed E-state index contributed by atoms with van der Waals surface area (Å²) in [5, 5.41) is 12.7. The first kappa shape index (κ1) is 20.3. The standard InChI is InChI=1S/C19H19N5O4S2/c1-13-3-10-18(29-13)30(25,26)20-11-12-28-17-9-8-16-21-22-19(24(16)23-17)14-4-6-15(27-2)7-5-14/h3-10,20H,11-12H2,1-2H3. The van der Waals surface area contributed by atoms with Gasteiger partial charge in [0.05, 0.1) is 7.11 Å². The zero-order valence-corrected chi connectivity index (χ0v) is 17.9. The highest BCUT2D eigenvalue weighted by atomic mass is 32.2. The van der Waals surface area contributed by atoms with Gasteiger partial charge in [-0.1, -0.05) is 0 Å². The van der Waals surface area contributed by atoms with Gasteiger partial charge in [-0.2, -0.15) is 4.52 Å². The van der Waals surface area contributed by atoms with E-state index in [1.54, 1.807) is 35.9 Å². The molecule has 0 unspecified atom stereocenters. The van der Waals surface area contributed by atoms with E-state index in [0.29, 0.717) is 17.4 Å². The number of rotatable bonds is 8. The maximum atomic E-state index is 12.2. The van der Waals surface area contributed by atoms with Crippen molar-refractivity contribution in [2.24, 2.45) is 0 Å². The van der Waals surface area contributed by atoms with Gasteiger partial charge in [0, 0.05) is 23.1 Å². The van der Waals surface area contributed by atoms with Crippen LogP contribution in [0.25, 0.3) is 17.0 Å². The van der Waals surface area contributed by atoms with E-state index in [4.69, 9.17) is 9.47 Å². The van der Waals surface area contributed by atoms with Gasteiger partial charge in [-0.05, 0) is 49.4 Å². The molecule has 0 aliphatic heterocycles. The Hall–Kier alpha value is -3.02. The van der Waals surface area contributed by atoms with E-state index in [1.807, 2.05) is 31.2 Å². The van der Waals surface area contributed by atoms with Gasteiger partial charge in [0.2, 0.25) is 15.9 Å². The summed E-state index contributed by atoms with van der Waals surface area (Å²) >= 11 is 1.22. The lowest BCUT2D eigenvalue weighted by Gasteiger charge is -2.07. The summed E-state index contributed by atoms with van der Waals surface area (Å²) in [6, 6.07) is 14.2. The number of hydrogen-bond acceptors (Lipinski definition) is 8. The summed E-state index contributed by atoms with van der Waals surface area (Å²) in [4.78, 5) is 0.936. The van der Waals surface area contributed by atoms with Crippen LogP contribution in [-0.2, 0) is 10.0 Å². The molecule has 4 aromatic rings. The first-order valence-corrected chi connectivity index (χ1v) is 11.3. The lowest BCUT2D eigenvalue weighted by molar-refractivity contribution is 0.306. The van der Waals surface area contributed by atoms with Crippen molar-refractivity contribution in [2.75, 3.05) is 20.3 Å². The van der Waals surface area contributed by atoms with Crippen molar-refractivity contribution in [1.29, 1.82) is 0 Å². The molecule has 0 aliphatic carbocycles. The van der Waals surface area contributed by atoms with Gasteiger partial charge in [-0.25, -0.2) is 13.1 Å². The monoisotopic (exact) mass is 445 g/mol. The maximum absolute atomic E-state index is 12.2. The molecule has 11 heteroatoms. The van der Waals surface area contributed by atoms with Gasteiger partial charge in [0.15, 0.2) is 11.5 Å². The average molecular weight is 446 g/mol. The second kappa shape index (κ2) is 8.38. The third kappa shape index (κ3) is 4.27. The first-order chi connectivity index (χ1) is 14.5. The van der Waals surface area contributed by atoms with Crippen molar-refractivity contribution in [3.8, 4) is 23.0 Å². The lowest BCUT2D eigenvalue weighted by Crippen LogP contribution is -2.27. The van der Waals surface area contributed by atoms with Crippen molar-refractivity contribution in [2.45, 2.75) is 11.1 Å². The van der Waals surface area contributed by atoms with Crippen LogP contribution in [0.1, 0.15) is 4.88 Å². The molecule has 0 saturated heterocycles. The molecule has 1 aromatic carbocycles. The Kier molecular flexibility index (Phi) is 5.66. The second-order valence-corrected chi connectivity index (χ2v) is 9.59. The van der Waals surface area contributed by atoms with E-state index >= 15 is 0 Å². The Morgan fingerprint density at radius 3 is 2.57 bits per heavy atom. The van der Waals surface area contributed by atoms with E-state index in [-0.39, 0.29) is 17.4 Å². The smallest absolute Gasteiger partial charge is 0.250 e. The molecule has 3 heterocycles. The van der Waals surface area contributed by atoms with Crippen LogP contribution in [0, 0.1) is 6.92 Å². The molecule has 0 fully saturated rings. The van der Waals surface area contributed by atoms with Crippen LogP contribution in [0.5, 0.6) is 11.6 Å². The molecule has 0 spiro atoms. The van der Waals surface area contributed by atoms with Gasteiger partial charge in [0.25, 0.3) is 0 Å². The van der Waals surface area contributed by atoms with Gasteiger partial charge >= 0.3 is 0 Å². The molecular weight excluding hydrogens is 426 g/mol. The minimum Gasteiger partial charge on any atom is -0.497 e. The number of thiophene rings is 1. The summed E-state index contributed by atoms with van der Waals surface area (Å²) in [6.07, 6.45) is 0. The predicted octanol–water partition coefficient (Wildman–Crippen LogP) is 2.53. The van der Waals surface area contributed by atoms with Gasteiger partial charge in [0.1, 0.15) is 16.6 Å². The van der Waals surface area contributed by atoms with Crippen LogP contribution in [0.3, 0.4) is 0 Å². The Morgan fingerprint density at radius 1 is 1.07 bits per heavy atom. The number of benzene rings is 1. The molecule has 0 radical (unpaired) electrons. The third-order valence-corrected chi connectivity index (χ3v) is 7.16. The highest BCUT2D eigenvalue weighted by molar-refractivity contribution is 7.91. The molecule has 0 aliphatic rings. The number of aryl methyl sites for hydroxylation is 1. The SMILES string of the molecule is COc1ccc(-c2nnc3ccc(OCCNS(=O)(=O)c4ccc(C)s4)nn23)cc1. The molecule has 0 atom stereocenters. The van der Waals surface area contributed by atoms with Crippen molar-refractivity contribution in [1.82, 2.24) is 24.5 Å². The number of methoxy groups -OCH3 is 1. The predicted molar refractivity (Wildman–Crippen MR) is 113 cm³/mol. The number of ether oxygens (including phenoxy) is 2. The second-order valence-electron chi connectivity index (χ2n) is 6.30. The number of aromatic nitrogens is 4. The molecule has 0 amide bonds. The molecule has 3 aromatic heterocycles. The molecule has 4 rings (SSSR count). The van der Waals surface area contributed by atoms with Crippen LogP contribution in [0.15, 0.2) is 52.7 Å². The summed E-state index contributed by atoms with van der Waals surface area (Å²) in [5.74, 6) is 1.64. The molecule has 30 heavy (non-hydrogen) atoms. The van der Waals surface area contributed by atoms with E-state index in [0.717, 1.165) is 16.2 Å². The topological polar surface area (TPSA) is 108 Å². The number of fused-ring (bicyclic) bond motifs is 1. The van der Waals surface area contributed by atoms with Gasteiger partial charge < -0.3 is 9.47 Å². The quantitative estimate of drug-likeness (QED) is 0.415. The Balaban J connectivity index is 1.43.